The second-order valence-corrected chi connectivity index (χ2v) is 7.41. The van der Waals surface area contributed by atoms with E-state index < -0.39 is 0 Å². The fraction of sp³-hybridized carbons (Fsp3) is 0.500. The number of halogens is 1. The molecule has 0 atom stereocenters. The van der Waals surface area contributed by atoms with Gasteiger partial charge in [-0.2, -0.15) is 0 Å². The summed E-state index contributed by atoms with van der Waals surface area (Å²) in [5.74, 6) is 0.760. The summed E-state index contributed by atoms with van der Waals surface area (Å²) in [7, 11) is 5.15. The molecular formula is C20H27ClN4O3. The molecule has 3 rings (SSSR count). The van der Waals surface area contributed by atoms with E-state index in [0.717, 1.165) is 55.1 Å². The molecule has 0 N–H and O–H groups in total. The van der Waals surface area contributed by atoms with Crippen LogP contribution >= 0.6 is 11.6 Å². The van der Waals surface area contributed by atoms with Crippen molar-refractivity contribution >= 4 is 28.5 Å². The van der Waals surface area contributed by atoms with Gasteiger partial charge in [0.15, 0.2) is 0 Å². The number of pyridine rings is 1. The zero-order valence-electron chi connectivity index (χ0n) is 16.7. The first kappa shape index (κ1) is 20.6. The standard InChI is InChI=1S/C20H27ClN4O3/c1-23(2)20(26)25(7-6-24-8-10-28-11-9-24)14-16-12-15-13-17(27-3)4-5-18(15)22-19(16)21/h4-5,12-13H,6-11,14H2,1-3H3. The summed E-state index contributed by atoms with van der Waals surface area (Å²) in [6.07, 6.45) is 0. The summed E-state index contributed by atoms with van der Waals surface area (Å²) in [5, 5.41) is 1.35. The Bertz CT molecular complexity index is 824. The van der Waals surface area contributed by atoms with Gasteiger partial charge in [-0.05, 0) is 24.3 Å². The zero-order chi connectivity index (χ0) is 20.1. The van der Waals surface area contributed by atoms with Gasteiger partial charge in [-0.3, -0.25) is 4.90 Å². The molecule has 2 amide bonds. The summed E-state index contributed by atoms with van der Waals surface area (Å²) in [4.78, 5) is 22.9. The highest BCUT2D eigenvalue weighted by atomic mass is 35.5. The lowest BCUT2D eigenvalue weighted by Crippen LogP contribution is -2.45. The summed E-state index contributed by atoms with van der Waals surface area (Å²) >= 11 is 6.43. The number of benzene rings is 1. The maximum atomic E-state index is 12.7. The predicted octanol–water partition coefficient (Wildman–Crippen LogP) is 2.71. The molecule has 2 heterocycles. The van der Waals surface area contributed by atoms with E-state index in [1.54, 1.807) is 26.1 Å². The van der Waals surface area contributed by atoms with Gasteiger partial charge in [-0.15, -0.1) is 0 Å². The molecule has 1 aliphatic rings. The Morgan fingerprint density at radius 1 is 1.29 bits per heavy atom. The largest absolute Gasteiger partial charge is 0.497 e. The van der Waals surface area contributed by atoms with Gasteiger partial charge >= 0.3 is 6.03 Å². The van der Waals surface area contributed by atoms with Crippen molar-refractivity contribution in [3.05, 3.63) is 35.0 Å². The molecule has 28 heavy (non-hydrogen) atoms. The second-order valence-electron chi connectivity index (χ2n) is 7.05. The van der Waals surface area contributed by atoms with Crippen LogP contribution in [0.2, 0.25) is 5.15 Å². The highest BCUT2D eigenvalue weighted by Crippen LogP contribution is 2.25. The van der Waals surface area contributed by atoms with Crippen molar-refractivity contribution in [3.63, 3.8) is 0 Å². The predicted molar refractivity (Wildman–Crippen MR) is 110 cm³/mol. The van der Waals surface area contributed by atoms with E-state index in [0.29, 0.717) is 18.2 Å². The van der Waals surface area contributed by atoms with Gasteiger partial charge in [0.1, 0.15) is 10.9 Å². The number of urea groups is 1. The lowest BCUT2D eigenvalue weighted by Gasteiger charge is -2.31. The first-order valence-corrected chi connectivity index (χ1v) is 9.75. The third-order valence-corrected chi connectivity index (χ3v) is 5.18. The van der Waals surface area contributed by atoms with Crippen LogP contribution in [0.15, 0.2) is 24.3 Å². The molecule has 1 aromatic heterocycles. The SMILES string of the molecule is COc1ccc2nc(Cl)c(CN(CCN3CCOCC3)C(=O)N(C)C)cc2c1. The van der Waals surface area contributed by atoms with Gasteiger partial charge in [0.2, 0.25) is 0 Å². The van der Waals surface area contributed by atoms with Crippen molar-refractivity contribution in [3.8, 4) is 5.75 Å². The maximum Gasteiger partial charge on any atom is 0.319 e. The van der Waals surface area contributed by atoms with E-state index in [1.807, 2.05) is 29.2 Å². The van der Waals surface area contributed by atoms with Crippen LogP contribution in [0.5, 0.6) is 5.75 Å². The Morgan fingerprint density at radius 3 is 2.71 bits per heavy atom. The minimum atomic E-state index is -0.0462. The number of nitrogens with zero attached hydrogens (tertiary/aromatic N) is 4. The molecule has 1 fully saturated rings. The van der Waals surface area contributed by atoms with Crippen LogP contribution in [0.1, 0.15) is 5.56 Å². The molecule has 0 radical (unpaired) electrons. The average molecular weight is 407 g/mol. The highest BCUT2D eigenvalue weighted by Gasteiger charge is 2.20. The van der Waals surface area contributed by atoms with E-state index in [-0.39, 0.29) is 6.03 Å². The number of rotatable bonds is 6. The van der Waals surface area contributed by atoms with E-state index in [9.17, 15) is 4.79 Å². The first-order chi connectivity index (χ1) is 13.5. The molecule has 1 aliphatic heterocycles. The van der Waals surface area contributed by atoms with Crippen molar-refractivity contribution in [1.29, 1.82) is 0 Å². The number of hydrogen-bond acceptors (Lipinski definition) is 5. The first-order valence-electron chi connectivity index (χ1n) is 9.37. The Balaban J connectivity index is 1.80. The van der Waals surface area contributed by atoms with Gasteiger partial charge in [0.05, 0.1) is 32.4 Å². The van der Waals surface area contributed by atoms with Gasteiger partial charge in [-0.25, -0.2) is 9.78 Å². The number of amides is 2. The molecular weight excluding hydrogens is 380 g/mol. The third kappa shape index (κ3) is 5.04. The molecule has 0 saturated carbocycles. The lowest BCUT2D eigenvalue weighted by molar-refractivity contribution is 0.0341. The van der Waals surface area contributed by atoms with Crippen LogP contribution < -0.4 is 4.74 Å². The molecule has 152 valence electrons. The summed E-state index contributed by atoms with van der Waals surface area (Å²) < 4.78 is 10.7. The monoisotopic (exact) mass is 406 g/mol. The molecule has 0 bridgehead atoms. The highest BCUT2D eigenvalue weighted by molar-refractivity contribution is 6.30. The van der Waals surface area contributed by atoms with Crippen molar-refractivity contribution in [1.82, 2.24) is 19.7 Å². The van der Waals surface area contributed by atoms with Crippen molar-refractivity contribution in [2.75, 3.05) is 60.6 Å². The summed E-state index contributed by atoms with van der Waals surface area (Å²) in [6, 6.07) is 7.60. The molecule has 0 unspecified atom stereocenters. The minimum absolute atomic E-state index is 0.0462. The second kappa shape index (κ2) is 9.41. The number of fused-ring (bicyclic) bond motifs is 1. The molecule has 1 saturated heterocycles. The van der Waals surface area contributed by atoms with E-state index >= 15 is 0 Å². The normalized spacial score (nSPS) is 14.9. The summed E-state index contributed by atoms with van der Waals surface area (Å²) in [5.41, 5.74) is 1.62. The fourth-order valence-corrected chi connectivity index (χ4v) is 3.44. The molecule has 0 aliphatic carbocycles. The van der Waals surface area contributed by atoms with Crippen LogP contribution in [-0.2, 0) is 11.3 Å². The number of methoxy groups -OCH3 is 1. The topological polar surface area (TPSA) is 58.1 Å². The maximum absolute atomic E-state index is 12.7. The molecule has 8 heteroatoms. The van der Waals surface area contributed by atoms with Crippen LogP contribution in [0.4, 0.5) is 4.79 Å². The number of carbonyl (C=O) groups excluding carboxylic acids is 1. The molecule has 0 spiro atoms. The van der Waals surface area contributed by atoms with Crippen LogP contribution in [0, 0.1) is 0 Å². The smallest absolute Gasteiger partial charge is 0.319 e. The number of aromatic nitrogens is 1. The number of hydrogen-bond donors (Lipinski definition) is 0. The molecule has 2 aromatic rings. The van der Waals surface area contributed by atoms with E-state index in [2.05, 4.69) is 9.88 Å². The summed E-state index contributed by atoms with van der Waals surface area (Å²) in [6.45, 7) is 5.08. The van der Waals surface area contributed by atoms with Gasteiger partial charge in [0.25, 0.3) is 0 Å². The Hall–Kier alpha value is -2.09. The van der Waals surface area contributed by atoms with Gasteiger partial charge < -0.3 is 19.3 Å². The van der Waals surface area contributed by atoms with Gasteiger partial charge in [0, 0.05) is 51.2 Å². The van der Waals surface area contributed by atoms with Gasteiger partial charge in [-0.1, -0.05) is 11.6 Å². The number of ether oxygens (including phenoxy) is 2. The Morgan fingerprint density at radius 2 is 2.04 bits per heavy atom. The van der Waals surface area contributed by atoms with Crippen LogP contribution in [-0.4, -0.2) is 86.3 Å². The quantitative estimate of drug-likeness (QED) is 0.690. The Kier molecular flexibility index (Phi) is 6.93. The van der Waals surface area contributed by atoms with Crippen molar-refractivity contribution < 1.29 is 14.3 Å². The minimum Gasteiger partial charge on any atom is -0.497 e. The number of carbonyl (C=O) groups is 1. The van der Waals surface area contributed by atoms with Crippen molar-refractivity contribution in [2.24, 2.45) is 0 Å². The Labute approximate surface area is 170 Å². The third-order valence-electron chi connectivity index (χ3n) is 4.85. The van der Waals surface area contributed by atoms with E-state index in [4.69, 9.17) is 21.1 Å². The molecule has 7 nitrogen and oxygen atoms in total. The fourth-order valence-electron chi connectivity index (χ4n) is 3.23. The zero-order valence-corrected chi connectivity index (χ0v) is 17.4. The van der Waals surface area contributed by atoms with E-state index in [1.165, 1.54) is 0 Å². The number of morpholine rings is 1. The van der Waals surface area contributed by atoms with Crippen molar-refractivity contribution in [2.45, 2.75) is 6.54 Å². The molecule has 1 aromatic carbocycles. The van der Waals surface area contributed by atoms with Crippen LogP contribution in [0.25, 0.3) is 10.9 Å². The van der Waals surface area contributed by atoms with Crippen LogP contribution in [0.3, 0.4) is 0 Å². The lowest BCUT2D eigenvalue weighted by atomic mass is 10.1. The average Bonchev–Trinajstić information content (AvgIpc) is 2.71.